The minimum absolute atomic E-state index is 0.540. The van der Waals surface area contributed by atoms with E-state index in [2.05, 4.69) is 156 Å². The Balaban J connectivity index is 0.000000137. The average Bonchev–Trinajstić information content (AvgIpc) is 3.58. The zero-order chi connectivity index (χ0) is 31.9. The number of fused-ring (bicyclic) bond motifs is 2. The largest absolute Gasteiger partial charge is 0.203 e. The van der Waals surface area contributed by atoms with Crippen molar-refractivity contribution in [2.24, 2.45) is 0 Å². The van der Waals surface area contributed by atoms with Gasteiger partial charge >= 0.3 is 82.4 Å². The Morgan fingerprint density at radius 1 is 0.489 bits per heavy atom. The molecule has 0 fully saturated rings. The molecule has 7 rings (SSSR count). The molecule has 0 aromatic heterocycles. The summed E-state index contributed by atoms with van der Waals surface area (Å²) in [4.78, 5) is 0. The summed E-state index contributed by atoms with van der Waals surface area (Å²) in [5.41, 5.74) is 10.3. The van der Waals surface area contributed by atoms with Crippen molar-refractivity contribution in [3.63, 3.8) is 0 Å². The Hall–Kier alpha value is -3.01. The van der Waals surface area contributed by atoms with Gasteiger partial charge in [0.25, 0.3) is 0 Å². The van der Waals surface area contributed by atoms with Crippen LogP contribution in [0.3, 0.4) is 0 Å². The molecule has 0 unspecified atom stereocenters. The van der Waals surface area contributed by atoms with Crippen molar-refractivity contribution in [2.45, 2.75) is 34.2 Å². The summed E-state index contributed by atoms with van der Waals surface area (Å²) in [5.74, 6) is 0. The fraction of sp³-hybridized carbons (Fsp3) is 0.122. The summed E-state index contributed by atoms with van der Waals surface area (Å²) < 4.78 is 0. The molecule has 226 valence electrons. The molecular formula is C41H38Cl2HfSi-2. The summed E-state index contributed by atoms with van der Waals surface area (Å²) in [5, 5.41) is 6.67. The van der Waals surface area contributed by atoms with Crippen LogP contribution in [0.15, 0.2) is 140 Å². The van der Waals surface area contributed by atoms with Crippen LogP contribution in [0, 0.1) is 27.7 Å². The Bertz CT molecular complexity index is 1950. The summed E-state index contributed by atoms with van der Waals surface area (Å²) in [7, 11) is 12.0. The van der Waals surface area contributed by atoms with Crippen molar-refractivity contribution in [3.8, 4) is 22.3 Å². The first-order chi connectivity index (χ1) is 21.7. The second kappa shape index (κ2) is 15.5. The van der Waals surface area contributed by atoms with E-state index in [-0.39, 0.29) is 0 Å². The molecule has 0 aliphatic heterocycles. The average molecular weight is 808 g/mol. The first-order valence-electron chi connectivity index (χ1n) is 15.2. The maximum atomic E-state index is 5.99. The van der Waals surface area contributed by atoms with Gasteiger partial charge in [-0.3, -0.25) is 0 Å². The van der Waals surface area contributed by atoms with E-state index < -0.39 is 23.2 Å². The van der Waals surface area contributed by atoms with Gasteiger partial charge in [0, 0.05) is 0 Å². The Morgan fingerprint density at radius 2 is 0.889 bits per heavy atom. The molecule has 0 bridgehead atoms. The van der Waals surface area contributed by atoms with E-state index in [1.165, 1.54) is 71.2 Å². The standard InChI is InChI=1S/2C17H15.C7H8Si.2ClH.Hf/c2*1-12-10-13(2)17(11-12)16-9-5-7-14-6-3-4-8-15(14)16;1-8-7-5-3-2-4-6-7;;;/h2*3-11H,1-2H3;2-6H,1H3;2*1H;/q2*-1;;;;+2/p-2. The molecule has 0 spiro atoms. The summed E-state index contributed by atoms with van der Waals surface area (Å²) in [6.45, 7) is 10.9. The summed E-state index contributed by atoms with van der Waals surface area (Å²) >= 11 is -2.10. The number of aryl methyl sites for hydroxylation is 4. The van der Waals surface area contributed by atoms with E-state index in [4.69, 9.17) is 17.2 Å². The first kappa shape index (κ1) is 33.4. The van der Waals surface area contributed by atoms with Gasteiger partial charge in [-0.05, 0) is 21.5 Å². The zero-order valence-corrected chi connectivity index (χ0v) is 32.6. The Labute approximate surface area is 283 Å². The van der Waals surface area contributed by atoms with Gasteiger partial charge in [-0.1, -0.05) is 124 Å². The van der Waals surface area contributed by atoms with Crippen LogP contribution < -0.4 is 5.19 Å². The van der Waals surface area contributed by atoms with Crippen LogP contribution in [0.5, 0.6) is 0 Å². The van der Waals surface area contributed by atoms with Gasteiger partial charge in [0.2, 0.25) is 0 Å². The molecule has 0 saturated carbocycles. The van der Waals surface area contributed by atoms with Gasteiger partial charge in [-0.15, -0.1) is 0 Å². The van der Waals surface area contributed by atoms with E-state index >= 15 is 0 Å². The second-order valence-corrected chi connectivity index (χ2v) is 40.4. The maximum Gasteiger partial charge on any atom is -0.0189 e. The Morgan fingerprint density at radius 3 is 1.29 bits per heavy atom. The van der Waals surface area contributed by atoms with Gasteiger partial charge in [-0.2, -0.15) is 45.5 Å². The SMILES string of the molecule is C[Si](c1ccccc1)=[Hf]([Cl])[Cl].Cc1cc(-c2cccc3ccccc23)c(C)[cH-]1.Cc1cc(-c2cccc3ccccc23)c(C)[cH-]1. The third kappa shape index (κ3) is 8.23. The van der Waals surface area contributed by atoms with E-state index in [9.17, 15) is 0 Å². The minimum Gasteiger partial charge on any atom is -0.203 e. The fourth-order valence-electron chi connectivity index (χ4n) is 5.90. The Kier molecular flexibility index (Phi) is 11.5. The van der Waals surface area contributed by atoms with Gasteiger partial charge < -0.3 is 0 Å². The molecule has 0 amide bonds. The van der Waals surface area contributed by atoms with Gasteiger partial charge in [0.15, 0.2) is 0 Å². The molecule has 0 aliphatic carbocycles. The topological polar surface area (TPSA) is 0 Å². The number of hydrogen-bond acceptors (Lipinski definition) is 0. The van der Waals surface area contributed by atoms with Crippen LogP contribution in [0.4, 0.5) is 0 Å². The van der Waals surface area contributed by atoms with Crippen LogP contribution in [-0.4, -0.2) is 5.49 Å². The molecule has 0 heterocycles. The van der Waals surface area contributed by atoms with E-state index in [0.29, 0.717) is 0 Å². The third-order valence-corrected chi connectivity index (χ3v) is 33.0. The van der Waals surface area contributed by atoms with Crippen LogP contribution in [0.2, 0.25) is 6.55 Å². The molecule has 45 heavy (non-hydrogen) atoms. The van der Waals surface area contributed by atoms with Crippen LogP contribution in [-0.2, 0) is 17.7 Å². The van der Waals surface area contributed by atoms with Crippen molar-refractivity contribution in [1.29, 1.82) is 0 Å². The van der Waals surface area contributed by atoms with Crippen molar-refractivity contribution in [2.75, 3.05) is 0 Å². The molecule has 7 aromatic rings. The second-order valence-electron chi connectivity index (χ2n) is 11.6. The van der Waals surface area contributed by atoms with E-state index in [1.54, 1.807) is 0 Å². The number of rotatable bonds is 3. The van der Waals surface area contributed by atoms with Crippen LogP contribution in [0.1, 0.15) is 22.3 Å². The van der Waals surface area contributed by atoms with Gasteiger partial charge in [0.05, 0.1) is 0 Å². The summed E-state index contributed by atoms with van der Waals surface area (Å²) in [6, 6.07) is 49.6. The predicted molar refractivity (Wildman–Crippen MR) is 198 cm³/mol. The van der Waals surface area contributed by atoms with Crippen molar-refractivity contribution >= 4 is 49.4 Å². The molecule has 0 aliphatic rings. The molecule has 0 nitrogen and oxygen atoms in total. The number of halogens is 2. The quantitative estimate of drug-likeness (QED) is 0.123. The normalized spacial score (nSPS) is 10.6. The van der Waals surface area contributed by atoms with Crippen LogP contribution >= 0.6 is 17.2 Å². The molecule has 0 saturated heterocycles. The number of benzene rings is 5. The van der Waals surface area contributed by atoms with E-state index in [0.717, 1.165) is 0 Å². The molecule has 0 radical (unpaired) electrons. The molecule has 4 heteroatoms. The molecule has 0 N–H and O–H groups in total. The fourth-order valence-corrected chi connectivity index (χ4v) is 16.3. The number of hydrogen-bond donors (Lipinski definition) is 0. The van der Waals surface area contributed by atoms with E-state index in [1.807, 2.05) is 18.2 Å². The smallest absolute Gasteiger partial charge is 0.0189 e. The molecule has 7 aromatic carbocycles. The molecular weight excluding hydrogens is 770 g/mol. The van der Waals surface area contributed by atoms with Crippen LogP contribution in [0.25, 0.3) is 43.8 Å². The van der Waals surface area contributed by atoms with Crippen molar-refractivity contribution < 1.29 is 17.7 Å². The monoisotopic (exact) mass is 808 g/mol. The third-order valence-electron chi connectivity index (χ3n) is 8.13. The van der Waals surface area contributed by atoms with Crippen molar-refractivity contribution in [3.05, 3.63) is 162 Å². The zero-order valence-electron chi connectivity index (χ0n) is 26.5. The molecule has 0 atom stereocenters. The predicted octanol–water partition coefficient (Wildman–Crippen LogP) is 12.1. The minimum atomic E-state index is -2.10. The first-order valence-corrected chi connectivity index (χ1v) is 31.5. The van der Waals surface area contributed by atoms with Gasteiger partial charge in [0.1, 0.15) is 0 Å². The maximum absolute atomic E-state index is 5.99. The van der Waals surface area contributed by atoms with Gasteiger partial charge in [-0.25, -0.2) is 12.1 Å². The van der Waals surface area contributed by atoms with Crippen molar-refractivity contribution in [1.82, 2.24) is 0 Å². The summed E-state index contributed by atoms with van der Waals surface area (Å²) in [6.07, 6.45) is 0.